The van der Waals surface area contributed by atoms with Crippen molar-refractivity contribution in [1.29, 1.82) is 0 Å². The molecular formula is C11H14N2O2. The lowest BCUT2D eigenvalue weighted by Crippen LogP contribution is -2.15. The molecule has 0 aliphatic heterocycles. The summed E-state index contributed by atoms with van der Waals surface area (Å²) in [5, 5.41) is 0. The zero-order valence-corrected chi connectivity index (χ0v) is 8.69. The van der Waals surface area contributed by atoms with Crippen LogP contribution >= 0.6 is 0 Å². The van der Waals surface area contributed by atoms with Gasteiger partial charge in [-0.1, -0.05) is 0 Å². The molecule has 15 heavy (non-hydrogen) atoms. The molecule has 0 aromatic carbocycles. The first kappa shape index (κ1) is 9.96. The highest BCUT2D eigenvalue weighted by Crippen LogP contribution is 2.30. The standard InChI is InChI=1S/C11H14N2O2/c1-7-9(15-6-8-2-3-8)4-5-13-10(7)11(12)14/h4-5,8H,2-3,6H2,1H3,(H2,12,14). The van der Waals surface area contributed by atoms with Gasteiger partial charge in [0.25, 0.3) is 5.91 Å². The van der Waals surface area contributed by atoms with Crippen LogP contribution in [0.3, 0.4) is 0 Å². The second-order valence-corrected chi connectivity index (χ2v) is 3.90. The van der Waals surface area contributed by atoms with Gasteiger partial charge in [-0.2, -0.15) is 0 Å². The van der Waals surface area contributed by atoms with Gasteiger partial charge in [0.15, 0.2) is 0 Å². The monoisotopic (exact) mass is 206 g/mol. The first-order valence-electron chi connectivity index (χ1n) is 5.06. The highest BCUT2D eigenvalue weighted by Gasteiger charge is 2.22. The second kappa shape index (κ2) is 3.88. The molecule has 1 saturated carbocycles. The minimum absolute atomic E-state index is 0.295. The molecule has 1 aromatic heterocycles. The zero-order valence-electron chi connectivity index (χ0n) is 8.69. The molecule has 1 aliphatic rings. The lowest BCUT2D eigenvalue weighted by atomic mass is 10.2. The van der Waals surface area contributed by atoms with Crippen LogP contribution < -0.4 is 10.5 Å². The zero-order chi connectivity index (χ0) is 10.8. The quantitative estimate of drug-likeness (QED) is 0.807. The van der Waals surface area contributed by atoms with Crippen molar-refractivity contribution in [3.63, 3.8) is 0 Å². The van der Waals surface area contributed by atoms with Crippen molar-refractivity contribution in [3.8, 4) is 5.75 Å². The number of aromatic nitrogens is 1. The van der Waals surface area contributed by atoms with Crippen LogP contribution in [0.15, 0.2) is 12.3 Å². The van der Waals surface area contributed by atoms with Gasteiger partial charge in [0.05, 0.1) is 6.61 Å². The first-order chi connectivity index (χ1) is 7.18. The third-order valence-corrected chi connectivity index (χ3v) is 2.56. The summed E-state index contributed by atoms with van der Waals surface area (Å²) in [6.45, 7) is 2.53. The summed E-state index contributed by atoms with van der Waals surface area (Å²) in [4.78, 5) is 15.0. The Bertz CT molecular complexity index is 386. The van der Waals surface area contributed by atoms with Gasteiger partial charge in [-0.15, -0.1) is 0 Å². The minimum Gasteiger partial charge on any atom is -0.493 e. The number of nitrogens with zero attached hydrogens (tertiary/aromatic N) is 1. The molecule has 0 radical (unpaired) electrons. The van der Waals surface area contributed by atoms with Crippen molar-refractivity contribution in [2.45, 2.75) is 19.8 Å². The highest BCUT2D eigenvalue weighted by atomic mass is 16.5. The molecular weight excluding hydrogens is 192 g/mol. The maximum atomic E-state index is 11.0. The smallest absolute Gasteiger partial charge is 0.267 e. The van der Waals surface area contributed by atoms with Crippen molar-refractivity contribution in [2.24, 2.45) is 11.7 Å². The van der Waals surface area contributed by atoms with Gasteiger partial charge in [-0.3, -0.25) is 9.78 Å². The number of amides is 1. The molecule has 1 aliphatic carbocycles. The summed E-state index contributed by atoms with van der Waals surface area (Å²) in [6.07, 6.45) is 4.04. The molecule has 0 saturated heterocycles. The number of pyridine rings is 1. The SMILES string of the molecule is Cc1c(OCC2CC2)ccnc1C(N)=O. The second-order valence-electron chi connectivity index (χ2n) is 3.90. The summed E-state index contributed by atoms with van der Waals surface area (Å²) in [6, 6.07) is 1.77. The molecule has 1 aromatic rings. The van der Waals surface area contributed by atoms with Gasteiger partial charge in [-0.25, -0.2) is 0 Å². The summed E-state index contributed by atoms with van der Waals surface area (Å²) in [7, 11) is 0. The normalized spacial score (nSPS) is 15.0. The van der Waals surface area contributed by atoms with Gasteiger partial charge in [0.1, 0.15) is 11.4 Å². The number of ether oxygens (including phenoxy) is 1. The third kappa shape index (κ3) is 2.26. The topological polar surface area (TPSA) is 65.2 Å². The van der Waals surface area contributed by atoms with E-state index in [-0.39, 0.29) is 0 Å². The van der Waals surface area contributed by atoms with Crippen molar-refractivity contribution in [1.82, 2.24) is 4.98 Å². The Morgan fingerprint density at radius 2 is 2.40 bits per heavy atom. The number of nitrogens with two attached hydrogens (primary N) is 1. The van der Waals surface area contributed by atoms with Crippen LogP contribution in [0, 0.1) is 12.8 Å². The minimum atomic E-state index is -0.510. The predicted octanol–water partition coefficient (Wildman–Crippen LogP) is 1.28. The van der Waals surface area contributed by atoms with E-state index in [1.807, 2.05) is 0 Å². The fourth-order valence-electron chi connectivity index (χ4n) is 1.41. The molecule has 80 valence electrons. The van der Waals surface area contributed by atoms with Crippen LogP contribution in [0.2, 0.25) is 0 Å². The molecule has 4 nitrogen and oxygen atoms in total. The highest BCUT2D eigenvalue weighted by molar-refractivity contribution is 5.92. The molecule has 1 fully saturated rings. The van der Waals surface area contributed by atoms with Crippen LogP contribution in [-0.2, 0) is 0 Å². The van der Waals surface area contributed by atoms with E-state index in [1.54, 1.807) is 19.2 Å². The maximum absolute atomic E-state index is 11.0. The Kier molecular flexibility index (Phi) is 2.58. The van der Waals surface area contributed by atoms with Gasteiger partial charge in [0.2, 0.25) is 0 Å². The molecule has 1 amide bonds. The van der Waals surface area contributed by atoms with Crippen LogP contribution in [0.5, 0.6) is 5.75 Å². The van der Waals surface area contributed by atoms with Crippen molar-refractivity contribution in [3.05, 3.63) is 23.5 Å². The average Bonchev–Trinajstić information content (AvgIpc) is 2.99. The fourth-order valence-corrected chi connectivity index (χ4v) is 1.41. The van der Waals surface area contributed by atoms with E-state index >= 15 is 0 Å². The van der Waals surface area contributed by atoms with Gasteiger partial charge in [-0.05, 0) is 31.7 Å². The average molecular weight is 206 g/mol. The van der Waals surface area contributed by atoms with Gasteiger partial charge in [0, 0.05) is 11.8 Å². The number of hydrogen-bond donors (Lipinski definition) is 1. The van der Waals surface area contributed by atoms with E-state index in [2.05, 4.69) is 4.98 Å². The van der Waals surface area contributed by atoms with E-state index in [0.717, 1.165) is 12.2 Å². The number of carbonyl (C=O) groups is 1. The Balaban J connectivity index is 2.14. The number of carbonyl (C=O) groups excluding carboxylic acids is 1. The van der Waals surface area contributed by atoms with E-state index in [9.17, 15) is 4.79 Å². The Morgan fingerprint density at radius 1 is 1.67 bits per heavy atom. The first-order valence-corrected chi connectivity index (χ1v) is 5.06. The summed E-state index contributed by atoms with van der Waals surface area (Å²) < 4.78 is 5.60. The van der Waals surface area contributed by atoms with Gasteiger partial charge >= 0.3 is 0 Å². The van der Waals surface area contributed by atoms with E-state index in [0.29, 0.717) is 17.4 Å². The van der Waals surface area contributed by atoms with E-state index in [4.69, 9.17) is 10.5 Å². The van der Waals surface area contributed by atoms with Crippen molar-refractivity contribution in [2.75, 3.05) is 6.61 Å². The molecule has 0 bridgehead atoms. The lowest BCUT2D eigenvalue weighted by molar-refractivity contribution is 0.0994. The van der Waals surface area contributed by atoms with Crippen molar-refractivity contribution >= 4 is 5.91 Å². The molecule has 0 spiro atoms. The number of primary amides is 1. The summed E-state index contributed by atoms with van der Waals surface area (Å²) in [5.41, 5.74) is 6.22. The largest absolute Gasteiger partial charge is 0.493 e. The molecule has 2 rings (SSSR count). The number of rotatable bonds is 4. The van der Waals surface area contributed by atoms with Crippen LogP contribution in [0.1, 0.15) is 28.9 Å². The molecule has 0 unspecified atom stereocenters. The van der Waals surface area contributed by atoms with Crippen LogP contribution in [0.4, 0.5) is 0 Å². The van der Waals surface area contributed by atoms with E-state index in [1.165, 1.54) is 12.8 Å². The van der Waals surface area contributed by atoms with Crippen LogP contribution in [-0.4, -0.2) is 17.5 Å². The molecule has 1 heterocycles. The predicted molar refractivity (Wildman–Crippen MR) is 55.7 cm³/mol. The maximum Gasteiger partial charge on any atom is 0.267 e. The Labute approximate surface area is 88.4 Å². The molecule has 0 atom stereocenters. The third-order valence-electron chi connectivity index (χ3n) is 2.56. The fraction of sp³-hybridized carbons (Fsp3) is 0.455. The Hall–Kier alpha value is -1.58. The lowest BCUT2D eigenvalue weighted by Gasteiger charge is -2.09. The Morgan fingerprint density at radius 3 is 3.00 bits per heavy atom. The van der Waals surface area contributed by atoms with E-state index < -0.39 is 5.91 Å². The molecule has 2 N–H and O–H groups in total. The van der Waals surface area contributed by atoms with Crippen LogP contribution in [0.25, 0.3) is 0 Å². The summed E-state index contributed by atoms with van der Waals surface area (Å²) >= 11 is 0. The molecule has 4 heteroatoms. The van der Waals surface area contributed by atoms with Crippen molar-refractivity contribution < 1.29 is 9.53 Å². The van der Waals surface area contributed by atoms with Gasteiger partial charge < -0.3 is 10.5 Å². The number of hydrogen-bond acceptors (Lipinski definition) is 3. The summed E-state index contributed by atoms with van der Waals surface area (Å²) in [5.74, 6) is 0.893.